The van der Waals surface area contributed by atoms with Crippen LogP contribution in [0.2, 0.25) is 0 Å². The number of amides is 1. The van der Waals surface area contributed by atoms with Crippen molar-refractivity contribution >= 4 is 29.0 Å². The van der Waals surface area contributed by atoms with Gasteiger partial charge in [-0.2, -0.15) is 11.8 Å². The Labute approximate surface area is 120 Å². The predicted molar refractivity (Wildman–Crippen MR) is 78.7 cm³/mol. The number of nitrogen functional groups attached to an aromatic ring is 1. The van der Waals surface area contributed by atoms with Crippen molar-refractivity contribution < 1.29 is 9.72 Å². The van der Waals surface area contributed by atoms with Gasteiger partial charge in [0.2, 0.25) is 0 Å². The number of nitrogens with one attached hydrogen (secondary N) is 2. The summed E-state index contributed by atoms with van der Waals surface area (Å²) < 4.78 is 0.132. The number of para-hydroxylation sites is 1. The Morgan fingerprint density at radius 2 is 2.25 bits per heavy atom. The quantitative estimate of drug-likeness (QED) is 0.417. The van der Waals surface area contributed by atoms with E-state index >= 15 is 0 Å². The van der Waals surface area contributed by atoms with Crippen LogP contribution in [0.1, 0.15) is 23.2 Å². The number of hydrogen-bond donors (Lipinski definition) is 3. The fourth-order valence-electron chi connectivity index (χ4n) is 1.96. The van der Waals surface area contributed by atoms with Crippen molar-refractivity contribution in [1.29, 1.82) is 0 Å². The average molecular weight is 296 g/mol. The van der Waals surface area contributed by atoms with Crippen molar-refractivity contribution in [2.45, 2.75) is 17.6 Å². The monoisotopic (exact) mass is 296 g/mol. The van der Waals surface area contributed by atoms with E-state index in [1.165, 1.54) is 18.2 Å². The second kappa shape index (κ2) is 5.68. The Morgan fingerprint density at radius 1 is 1.55 bits per heavy atom. The lowest BCUT2D eigenvalue weighted by Gasteiger charge is -2.14. The van der Waals surface area contributed by atoms with Gasteiger partial charge in [-0.05, 0) is 25.2 Å². The van der Waals surface area contributed by atoms with Gasteiger partial charge in [0.1, 0.15) is 5.69 Å². The topological polar surface area (TPSA) is 110 Å². The molecule has 0 spiro atoms. The maximum absolute atomic E-state index is 12.2. The van der Waals surface area contributed by atoms with E-state index in [2.05, 4.69) is 10.7 Å². The normalized spacial score (nSPS) is 15.5. The molecular weight excluding hydrogens is 280 g/mol. The SMILES string of the molecule is CSC1(CNC(=O)c2cccc([N+](=O)[O-])c2NN)CC1. The van der Waals surface area contributed by atoms with E-state index in [0.717, 1.165) is 12.8 Å². The second-order valence-electron chi connectivity index (χ2n) is 4.67. The Kier molecular flexibility index (Phi) is 4.15. The predicted octanol–water partition coefficient (Wildman–Crippen LogP) is 1.51. The van der Waals surface area contributed by atoms with Gasteiger partial charge in [0.25, 0.3) is 11.6 Å². The lowest BCUT2D eigenvalue weighted by molar-refractivity contribution is -0.384. The summed E-state index contributed by atoms with van der Waals surface area (Å²) in [6.45, 7) is 0.555. The summed E-state index contributed by atoms with van der Waals surface area (Å²) in [5.74, 6) is 4.95. The number of nitrogens with two attached hydrogens (primary N) is 1. The van der Waals surface area contributed by atoms with Crippen LogP contribution in [0.5, 0.6) is 0 Å². The van der Waals surface area contributed by atoms with Gasteiger partial charge in [0.05, 0.1) is 10.5 Å². The number of benzene rings is 1. The molecule has 0 aromatic heterocycles. The van der Waals surface area contributed by atoms with Crippen LogP contribution in [0.4, 0.5) is 11.4 Å². The van der Waals surface area contributed by atoms with E-state index in [9.17, 15) is 14.9 Å². The van der Waals surface area contributed by atoms with E-state index < -0.39 is 4.92 Å². The molecule has 0 unspecified atom stereocenters. The number of carbonyl (C=O) groups excluding carboxylic acids is 1. The first-order chi connectivity index (χ1) is 9.53. The van der Waals surface area contributed by atoms with Crippen LogP contribution in [-0.4, -0.2) is 28.4 Å². The highest BCUT2D eigenvalue weighted by Gasteiger charge is 2.42. The first-order valence-corrected chi connectivity index (χ1v) is 7.33. The first-order valence-electron chi connectivity index (χ1n) is 6.10. The highest BCUT2D eigenvalue weighted by molar-refractivity contribution is 8.00. The van der Waals surface area contributed by atoms with E-state index in [1.54, 1.807) is 11.8 Å². The minimum atomic E-state index is -0.573. The smallest absolute Gasteiger partial charge is 0.294 e. The number of carbonyl (C=O) groups is 1. The lowest BCUT2D eigenvalue weighted by atomic mass is 10.1. The number of nitro benzene ring substituents is 1. The molecule has 1 fully saturated rings. The number of thioether (sulfide) groups is 1. The number of hydrogen-bond acceptors (Lipinski definition) is 6. The summed E-state index contributed by atoms with van der Waals surface area (Å²) in [5.41, 5.74) is 2.24. The van der Waals surface area contributed by atoms with Crippen LogP contribution < -0.4 is 16.6 Å². The molecule has 1 aromatic rings. The van der Waals surface area contributed by atoms with E-state index in [-0.39, 0.29) is 27.6 Å². The van der Waals surface area contributed by atoms with Crippen LogP contribution in [0.15, 0.2) is 18.2 Å². The molecule has 1 aliphatic carbocycles. The molecule has 0 saturated heterocycles. The molecule has 8 heteroatoms. The summed E-state index contributed by atoms with van der Waals surface area (Å²) >= 11 is 1.73. The van der Waals surface area contributed by atoms with Crippen molar-refractivity contribution in [2.75, 3.05) is 18.2 Å². The van der Waals surface area contributed by atoms with Crippen molar-refractivity contribution in [3.8, 4) is 0 Å². The fourth-order valence-corrected chi connectivity index (χ4v) is 2.69. The molecule has 1 saturated carbocycles. The minimum absolute atomic E-state index is 0.0315. The van der Waals surface area contributed by atoms with E-state index in [1.807, 2.05) is 6.26 Å². The molecule has 108 valence electrons. The Hall–Kier alpha value is -1.80. The molecular formula is C12H16N4O3S. The Balaban J connectivity index is 2.17. The first kappa shape index (κ1) is 14.6. The van der Waals surface area contributed by atoms with Crippen molar-refractivity contribution in [1.82, 2.24) is 5.32 Å². The van der Waals surface area contributed by atoms with Gasteiger partial charge in [-0.1, -0.05) is 6.07 Å². The fraction of sp³-hybridized carbons (Fsp3) is 0.417. The van der Waals surface area contributed by atoms with Crippen molar-refractivity contribution in [3.05, 3.63) is 33.9 Å². The standard InChI is InChI=1S/C12H16N4O3S/c1-20-12(5-6-12)7-14-11(17)8-3-2-4-9(16(18)19)10(8)15-13/h2-4,15H,5-7,13H2,1H3,(H,14,17). The maximum atomic E-state index is 12.2. The van der Waals surface area contributed by atoms with Crippen LogP contribution in [-0.2, 0) is 0 Å². The molecule has 0 heterocycles. The molecule has 1 aliphatic rings. The molecule has 7 nitrogen and oxygen atoms in total. The highest BCUT2D eigenvalue weighted by atomic mass is 32.2. The number of rotatable bonds is 6. The summed E-state index contributed by atoms with van der Waals surface area (Å²) in [6.07, 6.45) is 4.16. The second-order valence-corrected chi connectivity index (χ2v) is 5.95. The van der Waals surface area contributed by atoms with Crippen LogP contribution >= 0.6 is 11.8 Å². The summed E-state index contributed by atoms with van der Waals surface area (Å²) in [4.78, 5) is 22.5. The molecule has 0 radical (unpaired) electrons. The summed E-state index contributed by atoms with van der Waals surface area (Å²) in [5, 5.41) is 13.7. The van der Waals surface area contributed by atoms with Gasteiger partial charge < -0.3 is 10.7 Å². The number of hydrazine groups is 1. The van der Waals surface area contributed by atoms with Crippen LogP contribution in [0, 0.1) is 10.1 Å². The van der Waals surface area contributed by atoms with Crippen molar-refractivity contribution in [2.24, 2.45) is 5.84 Å². The zero-order valence-electron chi connectivity index (χ0n) is 11.0. The zero-order chi connectivity index (χ0) is 14.8. The summed E-state index contributed by atoms with van der Waals surface area (Å²) in [7, 11) is 0. The molecule has 0 aliphatic heterocycles. The third-order valence-electron chi connectivity index (χ3n) is 3.44. The number of nitrogens with zero attached hydrogens (tertiary/aromatic N) is 1. The van der Waals surface area contributed by atoms with Crippen LogP contribution in [0.25, 0.3) is 0 Å². The molecule has 0 bridgehead atoms. The van der Waals surface area contributed by atoms with Gasteiger partial charge >= 0.3 is 0 Å². The third-order valence-corrected chi connectivity index (χ3v) is 4.86. The molecule has 1 amide bonds. The van der Waals surface area contributed by atoms with E-state index in [4.69, 9.17) is 5.84 Å². The van der Waals surface area contributed by atoms with Crippen LogP contribution in [0.3, 0.4) is 0 Å². The Morgan fingerprint density at radius 3 is 2.75 bits per heavy atom. The van der Waals surface area contributed by atoms with Gasteiger partial charge in [-0.3, -0.25) is 20.8 Å². The lowest BCUT2D eigenvalue weighted by Crippen LogP contribution is -2.32. The maximum Gasteiger partial charge on any atom is 0.294 e. The van der Waals surface area contributed by atoms with Gasteiger partial charge in [0, 0.05) is 17.4 Å². The third kappa shape index (κ3) is 2.86. The summed E-state index contributed by atoms with van der Waals surface area (Å²) in [6, 6.07) is 4.28. The number of nitro groups is 1. The largest absolute Gasteiger partial charge is 0.351 e. The minimum Gasteiger partial charge on any atom is -0.351 e. The molecule has 2 rings (SSSR count). The highest BCUT2D eigenvalue weighted by Crippen LogP contribution is 2.46. The average Bonchev–Trinajstić information content (AvgIpc) is 3.24. The molecule has 20 heavy (non-hydrogen) atoms. The van der Waals surface area contributed by atoms with Gasteiger partial charge in [0.15, 0.2) is 0 Å². The van der Waals surface area contributed by atoms with Crippen molar-refractivity contribution in [3.63, 3.8) is 0 Å². The molecule has 1 aromatic carbocycles. The van der Waals surface area contributed by atoms with E-state index in [0.29, 0.717) is 6.54 Å². The van der Waals surface area contributed by atoms with Gasteiger partial charge in [-0.15, -0.1) is 0 Å². The Bertz CT molecular complexity index is 546. The van der Waals surface area contributed by atoms with Gasteiger partial charge in [-0.25, -0.2) is 0 Å². The number of anilines is 1. The molecule has 4 N–H and O–H groups in total. The molecule has 0 atom stereocenters. The zero-order valence-corrected chi connectivity index (χ0v) is 11.8.